The third kappa shape index (κ3) is 3.62. The molecule has 1 aromatic heterocycles. The Balaban J connectivity index is 1.57. The van der Waals surface area contributed by atoms with Crippen LogP contribution in [-0.4, -0.2) is 29.3 Å². The molecule has 1 saturated carbocycles. The van der Waals surface area contributed by atoms with Crippen molar-refractivity contribution in [2.24, 2.45) is 0 Å². The number of sulfonamides is 1. The fourth-order valence-electron chi connectivity index (χ4n) is 3.53. The molecule has 9 heteroatoms. The van der Waals surface area contributed by atoms with Gasteiger partial charge in [-0.25, -0.2) is 22.2 Å². The predicted molar refractivity (Wildman–Crippen MR) is 101 cm³/mol. The first-order chi connectivity index (χ1) is 13.4. The van der Waals surface area contributed by atoms with Crippen LogP contribution >= 0.6 is 0 Å². The molecule has 0 radical (unpaired) electrons. The van der Waals surface area contributed by atoms with Crippen LogP contribution in [-0.2, 0) is 10.0 Å². The first-order valence-electron chi connectivity index (χ1n) is 9.12. The van der Waals surface area contributed by atoms with E-state index in [4.69, 9.17) is 0 Å². The van der Waals surface area contributed by atoms with Crippen molar-refractivity contribution in [1.29, 1.82) is 0 Å². The Bertz CT molecular complexity index is 1120. The monoisotopic (exact) mass is 402 g/mol. The molecule has 1 heterocycles. The van der Waals surface area contributed by atoms with E-state index in [-0.39, 0.29) is 10.5 Å². The Labute approximate surface area is 161 Å². The Morgan fingerprint density at radius 2 is 1.79 bits per heavy atom. The van der Waals surface area contributed by atoms with E-state index in [0.717, 1.165) is 55.5 Å². The fourth-order valence-corrected chi connectivity index (χ4v) is 4.51. The van der Waals surface area contributed by atoms with E-state index < -0.39 is 21.7 Å². The summed E-state index contributed by atoms with van der Waals surface area (Å²) in [5.41, 5.74) is 1.52. The van der Waals surface area contributed by atoms with Gasteiger partial charge in [0.15, 0.2) is 0 Å². The van der Waals surface area contributed by atoms with Crippen molar-refractivity contribution < 1.29 is 17.6 Å². The predicted octanol–water partition coefficient (Wildman–Crippen LogP) is 3.19. The van der Waals surface area contributed by atoms with Gasteiger partial charge in [0.1, 0.15) is 11.3 Å². The molecule has 7 nitrogen and oxygen atoms in total. The highest BCUT2D eigenvalue weighted by molar-refractivity contribution is 7.90. The SMILES string of the molecule is O=C(NS(=O)(=O)c1ccc(F)cc1)c1ccc2c(c1)nnn2C1CCCCC1. The molecule has 3 aromatic rings. The third-order valence-corrected chi connectivity index (χ3v) is 6.35. The van der Waals surface area contributed by atoms with Gasteiger partial charge in [-0.2, -0.15) is 0 Å². The number of carbonyl (C=O) groups excluding carboxylic acids is 1. The van der Waals surface area contributed by atoms with Gasteiger partial charge in [0.2, 0.25) is 0 Å². The summed E-state index contributed by atoms with van der Waals surface area (Å²) in [5, 5.41) is 8.37. The number of nitrogens with zero attached hydrogens (tertiary/aromatic N) is 3. The number of halogens is 1. The fraction of sp³-hybridized carbons (Fsp3) is 0.316. The van der Waals surface area contributed by atoms with Gasteiger partial charge in [0, 0.05) is 5.56 Å². The summed E-state index contributed by atoms with van der Waals surface area (Å²) in [6, 6.07) is 9.37. The highest BCUT2D eigenvalue weighted by Gasteiger charge is 2.21. The zero-order chi connectivity index (χ0) is 19.7. The van der Waals surface area contributed by atoms with Crippen LogP contribution in [0.5, 0.6) is 0 Å². The van der Waals surface area contributed by atoms with E-state index in [9.17, 15) is 17.6 Å². The van der Waals surface area contributed by atoms with Crippen LogP contribution in [0.2, 0.25) is 0 Å². The normalized spacial score (nSPS) is 15.6. The minimum Gasteiger partial charge on any atom is -0.268 e. The number of hydrogen-bond acceptors (Lipinski definition) is 5. The zero-order valence-corrected chi connectivity index (χ0v) is 15.8. The van der Waals surface area contributed by atoms with Gasteiger partial charge in [0.25, 0.3) is 15.9 Å². The van der Waals surface area contributed by atoms with E-state index in [2.05, 4.69) is 10.3 Å². The zero-order valence-electron chi connectivity index (χ0n) is 15.0. The molecule has 1 aliphatic carbocycles. The molecule has 1 aliphatic rings. The molecule has 0 atom stereocenters. The second-order valence-corrected chi connectivity index (χ2v) is 8.60. The van der Waals surface area contributed by atoms with Crippen LogP contribution in [0, 0.1) is 5.82 Å². The van der Waals surface area contributed by atoms with Crippen molar-refractivity contribution in [3.8, 4) is 0 Å². The summed E-state index contributed by atoms with van der Waals surface area (Å²) in [7, 11) is -4.10. The first kappa shape index (κ1) is 18.5. The number of benzene rings is 2. The van der Waals surface area contributed by atoms with Crippen molar-refractivity contribution in [3.63, 3.8) is 0 Å². The van der Waals surface area contributed by atoms with Crippen LogP contribution in [0.15, 0.2) is 47.4 Å². The topological polar surface area (TPSA) is 93.9 Å². The largest absolute Gasteiger partial charge is 0.268 e. The average molecular weight is 402 g/mol. The van der Waals surface area contributed by atoms with Gasteiger partial charge in [-0.3, -0.25) is 4.79 Å². The molecule has 28 heavy (non-hydrogen) atoms. The highest BCUT2D eigenvalue weighted by atomic mass is 32.2. The Morgan fingerprint density at radius 1 is 1.07 bits per heavy atom. The second-order valence-electron chi connectivity index (χ2n) is 6.92. The first-order valence-corrected chi connectivity index (χ1v) is 10.6. The number of amides is 1. The van der Waals surface area contributed by atoms with Crippen LogP contribution in [0.1, 0.15) is 48.5 Å². The summed E-state index contributed by atoms with van der Waals surface area (Å²) < 4.78 is 41.5. The molecule has 1 fully saturated rings. The molecule has 4 rings (SSSR count). The van der Waals surface area contributed by atoms with E-state index >= 15 is 0 Å². The maximum absolute atomic E-state index is 13.0. The van der Waals surface area contributed by atoms with Gasteiger partial charge < -0.3 is 0 Å². The molecule has 0 spiro atoms. The highest BCUT2D eigenvalue weighted by Crippen LogP contribution is 2.30. The Morgan fingerprint density at radius 3 is 2.50 bits per heavy atom. The number of nitrogens with one attached hydrogen (secondary N) is 1. The summed E-state index contributed by atoms with van der Waals surface area (Å²) in [4.78, 5) is 12.2. The van der Waals surface area contributed by atoms with Crippen molar-refractivity contribution in [3.05, 3.63) is 53.8 Å². The Hall–Kier alpha value is -2.81. The summed E-state index contributed by atoms with van der Waals surface area (Å²) in [6.45, 7) is 0. The molecular weight excluding hydrogens is 383 g/mol. The van der Waals surface area contributed by atoms with Crippen molar-refractivity contribution in [2.75, 3.05) is 0 Å². The van der Waals surface area contributed by atoms with Crippen LogP contribution in [0.25, 0.3) is 11.0 Å². The van der Waals surface area contributed by atoms with Crippen molar-refractivity contribution in [2.45, 2.75) is 43.0 Å². The summed E-state index contributed by atoms with van der Waals surface area (Å²) >= 11 is 0. The molecular formula is C19H19FN4O3S. The van der Waals surface area contributed by atoms with Crippen molar-refractivity contribution >= 4 is 27.0 Å². The van der Waals surface area contributed by atoms with Gasteiger partial charge in [0.05, 0.1) is 16.5 Å². The van der Waals surface area contributed by atoms with Crippen molar-refractivity contribution in [1.82, 2.24) is 19.7 Å². The number of fused-ring (bicyclic) bond motifs is 1. The molecule has 0 aliphatic heterocycles. The van der Waals surface area contributed by atoms with Gasteiger partial charge in [-0.05, 0) is 55.3 Å². The molecule has 2 aromatic carbocycles. The van der Waals surface area contributed by atoms with Crippen LogP contribution < -0.4 is 4.72 Å². The molecule has 0 unspecified atom stereocenters. The minimum absolute atomic E-state index is 0.161. The molecule has 1 amide bonds. The third-order valence-electron chi connectivity index (χ3n) is 5.00. The Kier molecular flexibility index (Phi) is 4.84. The van der Waals surface area contributed by atoms with Gasteiger partial charge >= 0.3 is 0 Å². The summed E-state index contributed by atoms with van der Waals surface area (Å²) in [5.74, 6) is -1.34. The second kappa shape index (κ2) is 7.31. The van der Waals surface area contributed by atoms with Crippen LogP contribution in [0.3, 0.4) is 0 Å². The number of hydrogen-bond donors (Lipinski definition) is 1. The van der Waals surface area contributed by atoms with E-state index in [1.807, 2.05) is 9.40 Å². The number of rotatable bonds is 4. The molecule has 1 N–H and O–H groups in total. The molecule has 0 bridgehead atoms. The van der Waals surface area contributed by atoms with Gasteiger partial charge in [-0.1, -0.05) is 24.5 Å². The van der Waals surface area contributed by atoms with E-state index in [1.165, 1.54) is 12.5 Å². The minimum atomic E-state index is -4.10. The van der Waals surface area contributed by atoms with E-state index in [0.29, 0.717) is 11.6 Å². The van der Waals surface area contributed by atoms with E-state index in [1.54, 1.807) is 12.1 Å². The summed E-state index contributed by atoms with van der Waals surface area (Å²) in [6.07, 6.45) is 5.66. The number of aromatic nitrogens is 3. The van der Waals surface area contributed by atoms with Gasteiger partial charge in [-0.15, -0.1) is 5.10 Å². The lowest BCUT2D eigenvalue weighted by Gasteiger charge is -2.21. The molecule has 0 saturated heterocycles. The maximum Gasteiger partial charge on any atom is 0.265 e. The van der Waals surface area contributed by atoms with Crippen LogP contribution in [0.4, 0.5) is 4.39 Å². The number of carbonyl (C=O) groups is 1. The quantitative estimate of drug-likeness (QED) is 0.723. The molecule has 146 valence electrons. The average Bonchev–Trinajstić information content (AvgIpc) is 3.12. The smallest absolute Gasteiger partial charge is 0.265 e. The lowest BCUT2D eigenvalue weighted by atomic mass is 9.95. The lowest BCUT2D eigenvalue weighted by molar-refractivity contribution is 0.0981. The standard InChI is InChI=1S/C19H19FN4O3S/c20-14-7-9-16(10-8-14)28(26,27)22-19(25)13-6-11-18-17(12-13)21-23-24(18)15-4-2-1-3-5-15/h6-12,15H,1-5H2,(H,22,25). The lowest BCUT2D eigenvalue weighted by Crippen LogP contribution is -2.30. The maximum atomic E-state index is 13.0.